The first-order valence-electron chi connectivity index (χ1n) is 10.8. The molecule has 0 aliphatic carbocycles. The number of aromatic nitrogens is 1. The number of benzene rings is 3. The number of hydrogen-bond acceptors (Lipinski definition) is 7. The maximum Gasteiger partial charge on any atom is 0.279 e. The molecule has 0 atom stereocenters. The van der Waals surface area contributed by atoms with Gasteiger partial charge in [-0.2, -0.15) is 4.99 Å². The summed E-state index contributed by atoms with van der Waals surface area (Å²) in [6.45, 7) is 0.774. The molecule has 0 radical (unpaired) electrons. The van der Waals surface area contributed by atoms with E-state index >= 15 is 0 Å². The number of nitrogens with zero attached hydrogens (tertiary/aromatic N) is 2. The fraction of sp³-hybridized carbons (Fsp3) is 0.167. The molecular formula is C24H22ClN3O6S3. The maximum atomic E-state index is 12.9. The molecule has 3 aromatic carbocycles. The van der Waals surface area contributed by atoms with Crippen LogP contribution in [0.3, 0.4) is 0 Å². The molecule has 0 aliphatic rings. The molecule has 0 saturated carbocycles. The molecule has 1 amide bonds. The quantitative estimate of drug-likeness (QED) is 0.337. The van der Waals surface area contributed by atoms with Crippen molar-refractivity contribution >= 4 is 64.6 Å². The Labute approximate surface area is 223 Å². The molecule has 1 aromatic heterocycles. The molecule has 13 heteroatoms. The number of anilines is 1. The number of halogens is 1. The summed E-state index contributed by atoms with van der Waals surface area (Å²) in [4.78, 5) is 17.8. The largest absolute Gasteiger partial charge is 0.383 e. The van der Waals surface area contributed by atoms with E-state index in [2.05, 4.69) is 9.71 Å². The first-order chi connectivity index (χ1) is 17.5. The highest BCUT2D eigenvalue weighted by Crippen LogP contribution is 2.23. The van der Waals surface area contributed by atoms with Crippen LogP contribution in [0.2, 0.25) is 5.02 Å². The van der Waals surface area contributed by atoms with E-state index in [4.69, 9.17) is 16.3 Å². The summed E-state index contributed by atoms with van der Waals surface area (Å²) in [5, 5.41) is 0.420. The predicted molar refractivity (Wildman–Crippen MR) is 143 cm³/mol. The SMILES string of the molecule is COCCn1c(=NC(=O)c2ccc(NS(=O)(=O)c3ccc(Cl)cc3)cc2)sc2cc(S(C)(=O)=O)ccc21. The minimum absolute atomic E-state index is 0.0523. The molecule has 0 bridgehead atoms. The third-order valence-corrected chi connectivity index (χ3v) is 9.11. The van der Waals surface area contributed by atoms with Gasteiger partial charge in [-0.05, 0) is 66.7 Å². The van der Waals surface area contributed by atoms with Crippen LogP contribution in [0.5, 0.6) is 0 Å². The van der Waals surface area contributed by atoms with Crippen LogP contribution >= 0.6 is 22.9 Å². The van der Waals surface area contributed by atoms with Gasteiger partial charge in [0.25, 0.3) is 15.9 Å². The molecule has 0 fully saturated rings. The molecule has 9 nitrogen and oxygen atoms in total. The molecule has 4 aromatic rings. The minimum Gasteiger partial charge on any atom is -0.383 e. The summed E-state index contributed by atoms with van der Waals surface area (Å²) in [5.74, 6) is -0.534. The molecule has 1 N–H and O–H groups in total. The summed E-state index contributed by atoms with van der Waals surface area (Å²) in [7, 11) is -5.67. The average molecular weight is 580 g/mol. The van der Waals surface area contributed by atoms with Crippen LogP contribution in [0.4, 0.5) is 5.69 Å². The number of sulfonamides is 1. The number of ether oxygens (including phenoxy) is 1. The zero-order valence-electron chi connectivity index (χ0n) is 19.7. The van der Waals surface area contributed by atoms with Crippen molar-refractivity contribution in [2.24, 2.45) is 4.99 Å². The number of nitrogens with one attached hydrogen (secondary N) is 1. The lowest BCUT2D eigenvalue weighted by atomic mass is 10.2. The van der Waals surface area contributed by atoms with E-state index in [-0.39, 0.29) is 21.0 Å². The normalized spacial score (nSPS) is 12.7. The Hall–Kier alpha value is -3.03. The summed E-state index contributed by atoms with van der Waals surface area (Å²) >= 11 is 7.01. The standard InChI is InChI=1S/C24H22ClN3O6S3/c1-34-14-13-28-21-12-11-20(36(2,30)31)15-22(21)35-24(28)26-23(29)16-3-7-18(8-4-16)27-37(32,33)19-9-5-17(25)6-10-19/h3-12,15,27H,13-14H2,1-2H3. The summed E-state index contributed by atoms with van der Waals surface area (Å²) in [6.07, 6.45) is 1.13. The highest BCUT2D eigenvalue weighted by Gasteiger charge is 2.16. The number of hydrogen-bond donors (Lipinski definition) is 1. The van der Waals surface area contributed by atoms with Crippen molar-refractivity contribution in [3.8, 4) is 0 Å². The third-order valence-electron chi connectivity index (χ3n) is 5.31. The lowest BCUT2D eigenvalue weighted by Crippen LogP contribution is -2.19. The van der Waals surface area contributed by atoms with Crippen molar-refractivity contribution in [3.63, 3.8) is 0 Å². The van der Waals surface area contributed by atoms with Crippen molar-refractivity contribution in [2.45, 2.75) is 16.3 Å². The number of sulfone groups is 1. The second-order valence-corrected chi connectivity index (χ2v) is 13.1. The van der Waals surface area contributed by atoms with Crippen LogP contribution < -0.4 is 9.52 Å². The number of rotatable bonds is 8. The fourth-order valence-electron chi connectivity index (χ4n) is 3.43. The van der Waals surface area contributed by atoms with Gasteiger partial charge in [0.05, 0.1) is 26.6 Å². The van der Waals surface area contributed by atoms with Gasteiger partial charge in [-0.25, -0.2) is 16.8 Å². The van der Waals surface area contributed by atoms with Crippen LogP contribution in [-0.4, -0.2) is 47.3 Å². The Bertz CT molecular complexity index is 1740. The Balaban J connectivity index is 1.63. The fourth-order valence-corrected chi connectivity index (χ4v) is 6.43. The Morgan fingerprint density at radius 1 is 1.00 bits per heavy atom. The van der Waals surface area contributed by atoms with Gasteiger partial charge in [0, 0.05) is 36.2 Å². The van der Waals surface area contributed by atoms with Crippen LogP contribution in [0, 0.1) is 0 Å². The molecule has 1 heterocycles. The average Bonchev–Trinajstić information content (AvgIpc) is 3.18. The third kappa shape index (κ3) is 6.28. The number of methoxy groups -OCH3 is 1. The van der Waals surface area contributed by atoms with Crippen molar-refractivity contribution in [3.05, 3.63) is 82.1 Å². The van der Waals surface area contributed by atoms with Crippen LogP contribution in [0.1, 0.15) is 10.4 Å². The molecule has 37 heavy (non-hydrogen) atoms. The van der Waals surface area contributed by atoms with E-state index < -0.39 is 25.8 Å². The van der Waals surface area contributed by atoms with Crippen molar-refractivity contribution < 1.29 is 26.4 Å². The molecule has 0 aliphatic heterocycles. The minimum atomic E-state index is -3.83. The monoisotopic (exact) mass is 579 g/mol. The van der Waals surface area contributed by atoms with Gasteiger partial charge in [-0.3, -0.25) is 9.52 Å². The van der Waals surface area contributed by atoms with Gasteiger partial charge < -0.3 is 9.30 Å². The number of amides is 1. The summed E-state index contributed by atoms with van der Waals surface area (Å²) < 4.78 is 59.2. The number of thiazole rings is 1. The van der Waals surface area contributed by atoms with Crippen molar-refractivity contribution in [1.82, 2.24) is 4.57 Å². The number of carbonyl (C=O) groups excluding carboxylic acids is 1. The molecule has 194 valence electrons. The molecule has 4 rings (SSSR count). The van der Waals surface area contributed by atoms with Crippen LogP contribution in [0.15, 0.2) is 81.5 Å². The number of fused-ring (bicyclic) bond motifs is 1. The van der Waals surface area contributed by atoms with E-state index in [1.165, 1.54) is 65.9 Å². The van der Waals surface area contributed by atoms with E-state index in [0.717, 1.165) is 11.8 Å². The van der Waals surface area contributed by atoms with Gasteiger partial charge in [0.15, 0.2) is 14.6 Å². The van der Waals surface area contributed by atoms with Gasteiger partial charge in [0.1, 0.15) is 0 Å². The Morgan fingerprint density at radius 2 is 1.65 bits per heavy atom. The van der Waals surface area contributed by atoms with E-state index in [1.807, 2.05) is 0 Å². The highest BCUT2D eigenvalue weighted by atomic mass is 35.5. The van der Waals surface area contributed by atoms with E-state index in [0.29, 0.717) is 27.7 Å². The van der Waals surface area contributed by atoms with Gasteiger partial charge in [0.2, 0.25) is 0 Å². The zero-order chi connectivity index (χ0) is 26.8. The lowest BCUT2D eigenvalue weighted by Gasteiger charge is -2.08. The molecule has 0 saturated heterocycles. The summed E-state index contributed by atoms with van der Waals surface area (Å²) in [6, 6.07) is 16.4. The second kappa shape index (κ2) is 10.8. The first-order valence-corrected chi connectivity index (χ1v) is 15.3. The second-order valence-electron chi connectivity index (χ2n) is 7.98. The maximum absolute atomic E-state index is 12.9. The van der Waals surface area contributed by atoms with E-state index in [1.54, 1.807) is 23.8 Å². The molecular weight excluding hydrogens is 558 g/mol. The van der Waals surface area contributed by atoms with Crippen molar-refractivity contribution in [1.29, 1.82) is 0 Å². The van der Waals surface area contributed by atoms with Crippen molar-refractivity contribution in [2.75, 3.05) is 24.7 Å². The smallest absolute Gasteiger partial charge is 0.279 e. The van der Waals surface area contributed by atoms with E-state index in [9.17, 15) is 21.6 Å². The molecule has 0 unspecified atom stereocenters. The van der Waals surface area contributed by atoms with Gasteiger partial charge >= 0.3 is 0 Å². The van der Waals surface area contributed by atoms with Crippen LogP contribution in [0.25, 0.3) is 10.2 Å². The lowest BCUT2D eigenvalue weighted by molar-refractivity contribution is 0.0997. The number of carbonyl (C=O) groups is 1. The Kier molecular flexibility index (Phi) is 7.85. The topological polar surface area (TPSA) is 124 Å². The Morgan fingerprint density at radius 3 is 2.27 bits per heavy atom. The van der Waals surface area contributed by atoms with Gasteiger partial charge in [-0.1, -0.05) is 22.9 Å². The van der Waals surface area contributed by atoms with Gasteiger partial charge in [-0.15, -0.1) is 0 Å². The molecule has 0 spiro atoms. The van der Waals surface area contributed by atoms with Crippen LogP contribution in [-0.2, 0) is 31.1 Å². The summed E-state index contributed by atoms with van der Waals surface area (Å²) in [5.41, 5.74) is 1.26. The first kappa shape index (κ1) is 27.0. The zero-order valence-corrected chi connectivity index (χ0v) is 22.9. The highest BCUT2D eigenvalue weighted by molar-refractivity contribution is 7.92. The predicted octanol–water partition coefficient (Wildman–Crippen LogP) is 3.95.